The SMILES string of the molecule is COC(=O)c1ccc(CN(C)c2ccc(C[C@H](NC(=O)[C@H](C)N(C)C(=O)OC(C)(C)C)C(=O)N3Cc4ccccc4C[C@H]3C(=O)N[C@@H]3CCCc4ccccc43)cc2)cc1. The van der Waals surface area contributed by atoms with Crippen molar-refractivity contribution in [2.75, 3.05) is 26.1 Å². The number of nitrogens with zero attached hydrogens (tertiary/aromatic N) is 3. The summed E-state index contributed by atoms with van der Waals surface area (Å²) in [6, 6.07) is 28.0. The Hall–Kier alpha value is -6.17. The summed E-state index contributed by atoms with van der Waals surface area (Å²) in [6.45, 7) is 7.61. The molecular formula is C48H57N5O7. The van der Waals surface area contributed by atoms with Gasteiger partial charge in [-0.05, 0) is 105 Å². The molecular weight excluding hydrogens is 759 g/mol. The largest absolute Gasteiger partial charge is 0.465 e. The number of rotatable bonds is 12. The minimum Gasteiger partial charge on any atom is -0.465 e. The highest BCUT2D eigenvalue weighted by Crippen LogP contribution is 2.31. The molecule has 4 aromatic carbocycles. The third-order valence-corrected chi connectivity index (χ3v) is 11.4. The Morgan fingerprint density at radius 2 is 1.47 bits per heavy atom. The summed E-state index contributed by atoms with van der Waals surface area (Å²) in [7, 11) is 4.80. The van der Waals surface area contributed by atoms with Crippen LogP contribution in [0, 0.1) is 0 Å². The molecule has 0 radical (unpaired) electrons. The van der Waals surface area contributed by atoms with Crippen LogP contribution in [0.25, 0.3) is 0 Å². The van der Waals surface area contributed by atoms with E-state index >= 15 is 4.79 Å². The number of carbonyl (C=O) groups is 5. The van der Waals surface area contributed by atoms with E-state index in [1.54, 1.807) is 44.7 Å². The quantitative estimate of drug-likeness (QED) is 0.154. The van der Waals surface area contributed by atoms with Gasteiger partial charge in [0.2, 0.25) is 17.7 Å². The molecule has 2 N–H and O–H groups in total. The molecule has 4 amide bonds. The van der Waals surface area contributed by atoms with Crippen molar-refractivity contribution in [2.24, 2.45) is 0 Å². The lowest BCUT2D eigenvalue weighted by Gasteiger charge is -2.39. The molecule has 0 aromatic heterocycles. The molecule has 0 saturated carbocycles. The molecule has 12 heteroatoms. The van der Waals surface area contributed by atoms with Gasteiger partial charge in [-0.1, -0.05) is 72.8 Å². The van der Waals surface area contributed by atoms with Gasteiger partial charge < -0.3 is 29.9 Å². The van der Waals surface area contributed by atoms with Crippen LogP contribution < -0.4 is 15.5 Å². The monoisotopic (exact) mass is 815 g/mol. The zero-order valence-corrected chi connectivity index (χ0v) is 35.7. The van der Waals surface area contributed by atoms with Gasteiger partial charge in [-0.15, -0.1) is 0 Å². The zero-order chi connectivity index (χ0) is 43.1. The molecule has 1 aliphatic heterocycles. The maximum atomic E-state index is 15.0. The second-order valence-electron chi connectivity index (χ2n) is 16.9. The molecule has 6 rings (SSSR count). The van der Waals surface area contributed by atoms with Crippen LogP contribution in [-0.4, -0.2) is 84.5 Å². The van der Waals surface area contributed by atoms with Crippen LogP contribution in [0.1, 0.15) is 90.3 Å². The minimum absolute atomic E-state index is 0.134. The van der Waals surface area contributed by atoms with Gasteiger partial charge in [0.25, 0.3) is 0 Å². The first-order valence-electron chi connectivity index (χ1n) is 20.6. The Balaban J connectivity index is 1.26. The Morgan fingerprint density at radius 1 is 0.833 bits per heavy atom. The number of esters is 1. The van der Waals surface area contributed by atoms with Gasteiger partial charge in [0.15, 0.2) is 0 Å². The van der Waals surface area contributed by atoms with Crippen LogP contribution in [-0.2, 0) is 56.2 Å². The van der Waals surface area contributed by atoms with Crippen molar-refractivity contribution in [1.82, 2.24) is 20.4 Å². The number of carbonyl (C=O) groups excluding carboxylic acids is 5. The smallest absolute Gasteiger partial charge is 0.410 e. The van der Waals surface area contributed by atoms with E-state index in [4.69, 9.17) is 9.47 Å². The molecule has 316 valence electrons. The van der Waals surface area contributed by atoms with Crippen LogP contribution in [0.15, 0.2) is 97.1 Å². The number of aryl methyl sites for hydroxylation is 1. The van der Waals surface area contributed by atoms with Gasteiger partial charge in [-0.25, -0.2) is 9.59 Å². The van der Waals surface area contributed by atoms with Gasteiger partial charge in [0.1, 0.15) is 23.7 Å². The number of hydrogen-bond acceptors (Lipinski definition) is 8. The van der Waals surface area contributed by atoms with E-state index in [0.29, 0.717) is 18.5 Å². The van der Waals surface area contributed by atoms with Gasteiger partial charge in [-0.2, -0.15) is 0 Å². The summed E-state index contributed by atoms with van der Waals surface area (Å²) in [4.78, 5) is 73.2. The molecule has 1 heterocycles. The molecule has 4 aromatic rings. The standard InChI is InChI=1S/C48H57N5O7/c1-31(52(6)47(58)60-48(2,3)4)43(54)50-41(27-32-21-25-38(26-22-32)51(5)29-33-19-23-35(24-20-33)46(57)59-7)45(56)53-30-37-15-9-8-14-36(37)28-42(53)44(55)49-40-18-12-16-34-13-10-11-17-39(34)40/h8-11,13-15,17,19-26,31,40-42H,12,16,18,27-30H2,1-7H3,(H,49,55)(H,50,54)/t31-,40+,41-,42-/m0/s1. The van der Waals surface area contributed by atoms with Crippen LogP contribution in [0.3, 0.4) is 0 Å². The molecule has 1 aliphatic carbocycles. The number of ether oxygens (including phenoxy) is 2. The first kappa shape index (κ1) is 43.4. The summed E-state index contributed by atoms with van der Waals surface area (Å²) in [5.74, 6) is -1.56. The highest BCUT2D eigenvalue weighted by molar-refractivity contribution is 5.94. The highest BCUT2D eigenvalue weighted by atomic mass is 16.6. The fourth-order valence-electron chi connectivity index (χ4n) is 7.87. The second-order valence-corrected chi connectivity index (χ2v) is 16.9. The molecule has 0 spiro atoms. The predicted molar refractivity (Wildman–Crippen MR) is 230 cm³/mol. The topological polar surface area (TPSA) is 138 Å². The van der Waals surface area contributed by atoms with E-state index in [1.807, 2.05) is 79.8 Å². The first-order chi connectivity index (χ1) is 28.6. The lowest BCUT2D eigenvalue weighted by Crippen LogP contribution is -2.60. The fraction of sp³-hybridized carbons (Fsp3) is 0.396. The number of nitrogens with one attached hydrogen (secondary N) is 2. The Kier molecular flexibility index (Phi) is 13.6. The van der Waals surface area contributed by atoms with E-state index in [0.717, 1.165) is 52.8 Å². The average molecular weight is 816 g/mol. The van der Waals surface area contributed by atoms with Gasteiger partial charge in [-0.3, -0.25) is 19.3 Å². The van der Waals surface area contributed by atoms with Crippen molar-refractivity contribution in [3.63, 3.8) is 0 Å². The molecule has 60 heavy (non-hydrogen) atoms. The Labute approximate surface area is 353 Å². The zero-order valence-electron chi connectivity index (χ0n) is 35.7. The first-order valence-corrected chi connectivity index (χ1v) is 20.6. The van der Waals surface area contributed by atoms with E-state index < -0.39 is 47.6 Å². The summed E-state index contributed by atoms with van der Waals surface area (Å²) in [5, 5.41) is 6.27. The third kappa shape index (κ3) is 10.5. The van der Waals surface area contributed by atoms with E-state index in [1.165, 1.54) is 24.6 Å². The molecule has 0 unspecified atom stereocenters. The fourth-order valence-corrected chi connectivity index (χ4v) is 7.87. The molecule has 0 bridgehead atoms. The molecule has 0 fully saturated rings. The molecule has 12 nitrogen and oxygen atoms in total. The summed E-state index contributed by atoms with van der Waals surface area (Å²) in [5.41, 5.74) is 6.68. The van der Waals surface area contributed by atoms with E-state index in [9.17, 15) is 19.2 Å². The number of amides is 4. The van der Waals surface area contributed by atoms with Gasteiger partial charge in [0.05, 0.1) is 18.7 Å². The number of methoxy groups -OCH3 is 1. The molecule has 0 saturated heterocycles. The van der Waals surface area contributed by atoms with Crippen molar-refractivity contribution in [3.05, 3.63) is 136 Å². The number of likely N-dealkylation sites (N-methyl/N-ethyl adjacent to an activating group) is 1. The minimum atomic E-state index is -1.07. The van der Waals surface area contributed by atoms with E-state index in [2.05, 4.69) is 27.7 Å². The normalized spacial score (nSPS) is 16.9. The summed E-state index contributed by atoms with van der Waals surface area (Å²) >= 11 is 0. The summed E-state index contributed by atoms with van der Waals surface area (Å²) < 4.78 is 10.3. The maximum absolute atomic E-state index is 15.0. The number of hydrogen-bond donors (Lipinski definition) is 2. The van der Waals surface area contributed by atoms with Crippen molar-refractivity contribution < 1.29 is 33.4 Å². The van der Waals surface area contributed by atoms with Crippen LogP contribution in [0.4, 0.5) is 10.5 Å². The summed E-state index contributed by atoms with van der Waals surface area (Å²) in [6.07, 6.45) is 2.49. The average Bonchev–Trinajstić information content (AvgIpc) is 3.24. The van der Waals surface area contributed by atoms with Crippen LogP contribution in [0.2, 0.25) is 0 Å². The van der Waals surface area contributed by atoms with Gasteiger partial charge in [0, 0.05) is 45.7 Å². The van der Waals surface area contributed by atoms with Crippen molar-refractivity contribution in [1.29, 1.82) is 0 Å². The van der Waals surface area contributed by atoms with Crippen LogP contribution in [0.5, 0.6) is 0 Å². The lowest BCUT2D eigenvalue weighted by atomic mass is 9.87. The second kappa shape index (κ2) is 18.8. The van der Waals surface area contributed by atoms with Crippen LogP contribution >= 0.6 is 0 Å². The third-order valence-electron chi connectivity index (χ3n) is 11.4. The van der Waals surface area contributed by atoms with Crippen molar-refractivity contribution in [2.45, 2.75) is 103 Å². The number of anilines is 1. The number of fused-ring (bicyclic) bond motifs is 2. The predicted octanol–water partition coefficient (Wildman–Crippen LogP) is 6.54. The molecule has 2 aliphatic rings. The van der Waals surface area contributed by atoms with Gasteiger partial charge >= 0.3 is 12.1 Å². The Morgan fingerprint density at radius 3 is 2.13 bits per heavy atom. The number of benzene rings is 4. The lowest BCUT2D eigenvalue weighted by molar-refractivity contribution is -0.145. The van der Waals surface area contributed by atoms with E-state index in [-0.39, 0.29) is 24.9 Å². The highest BCUT2D eigenvalue weighted by Gasteiger charge is 2.40. The molecule has 4 atom stereocenters. The van der Waals surface area contributed by atoms with Crippen molar-refractivity contribution in [3.8, 4) is 0 Å². The van der Waals surface area contributed by atoms with Crippen molar-refractivity contribution >= 4 is 35.5 Å². The Bertz CT molecular complexity index is 2180. The maximum Gasteiger partial charge on any atom is 0.410 e.